The molecule has 44 heavy (non-hydrogen) atoms. The van der Waals surface area contributed by atoms with E-state index < -0.39 is 0 Å². The molecule has 0 aliphatic heterocycles. The van der Waals surface area contributed by atoms with Crippen LogP contribution < -0.4 is 38.1 Å². The van der Waals surface area contributed by atoms with Crippen LogP contribution in [0.2, 0.25) is 0 Å². The van der Waals surface area contributed by atoms with Gasteiger partial charge in [0.1, 0.15) is 0 Å². The average molecular weight is 682 g/mol. The van der Waals surface area contributed by atoms with Gasteiger partial charge in [-0.1, -0.05) is 109 Å². The second kappa shape index (κ2) is 22.1. The first kappa shape index (κ1) is 41.7. The van der Waals surface area contributed by atoms with Gasteiger partial charge in [0.25, 0.3) is 34.5 Å². The SMILES string of the molecule is O.O.O.O.[Br-].[Cl-].c1ccc([O+](c2ccccc2)c2ccccc2)cc1.c1ccc([O+](c2ccccc2)c2ccccc2)cc1. The van der Waals surface area contributed by atoms with Crippen LogP contribution in [-0.4, -0.2) is 21.9 Å². The Morgan fingerprint density at radius 1 is 0.227 bits per heavy atom. The lowest BCUT2D eigenvalue weighted by Gasteiger charge is -2.21. The van der Waals surface area contributed by atoms with E-state index in [1.807, 2.05) is 109 Å². The van der Waals surface area contributed by atoms with E-state index in [0.29, 0.717) is 0 Å². The topological polar surface area (TPSA) is 131 Å². The summed E-state index contributed by atoms with van der Waals surface area (Å²) >= 11 is 0. The van der Waals surface area contributed by atoms with Crippen molar-refractivity contribution in [1.29, 1.82) is 0 Å². The quantitative estimate of drug-likeness (QED) is 0.237. The molecule has 0 spiro atoms. The maximum absolute atomic E-state index is 3.22. The third-order valence-corrected chi connectivity index (χ3v) is 5.87. The molecule has 232 valence electrons. The summed E-state index contributed by atoms with van der Waals surface area (Å²) in [5, 5.41) is 0. The van der Waals surface area contributed by atoms with Crippen LogP contribution in [-0.2, 0) is 0 Å². The molecule has 6 nitrogen and oxygen atoms in total. The van der Waals surface area contributed by atoms with Crippen LogP contribution in [0, 0.1) is 0 Å². The van der Waals surface area contributed by atoms with E-state index in [1.54, 1.807) is 0 Å². The minimum atomic E-state index is 0. The zero-order valence-electron chi connectivity index (χ0n) is 23.9. The molecule has 8 heteroatoms. The largest absolute Gasteiger partial charge is 1.00 e. The second-order valence-electron chi connectivity index (χ2n) is 8.49. The Morgan fingerprint density at radius 2 is 0.341 bits per heavy atom. The summed E-state index contributed by atoms with van der Waals surface area (Å²) in [4.78, 5) is 0. The Bertz CT molecular complexity index is 1190. The number of hydrogen-bond acceptors (Lipinski definition) is 0. The van der Waals surface area contributed by atoms with Gasteiger partial charge in [-0.3, -0.25) is 0 Å². The molecule has 0 aliphatic carbocycles. The van der Waals surface area contributed by atoms with Gasteiger partial charge in [0, 0.05) is 72.8 Å². The van der Waals surface area contributed by atoms with Gasteiger partial charge in [0.05, 0.1) is 0 Å². The van der Waals surface area contributed by atoms with E-state index >= 15 is 0 Å². The van der Waals surface area contributed by atoms with Crippen molar-refractivity contribution in [2.45, 2.75) is 0 Å². The smallest absolute Gasteiger partial charge is 0.267 e. The van der Waals surface area contributed by atoms with Gasteiger partial charge < -0.3 is 60.0 Å². The summed E-state index contributed by atoms with van der Waals surface area (Å²) in [5.74, 6) is 6.50. The highest BCUT2D eigenvalue weighted by atomic mass is 79.9. The minimum Gasteiger partial charge on any atom is -1.00 e. The van der Waals surface area contributed by atoms with Crippen molar-refractivity contribution in [2.75, 3.05) is 0 Å². The third-order valence-electron chi connectivity index (χ3n) is 5.87. The molecule has 0 unspecified atom stereocenters. The fourth-order valence-electron chi connectivity index (χ4n) is 4.16. The van der Waals surface area contributed by atoms with Gasteiger partial charge in [-0.15, -0.1) is 0 Å². The zero-order chi connectivity index (χ0) is 25.8. The van der Waals surface area contributed by atoms with Crippen LogP contribution in [0.25, 0.3) is 0 Å². The zero-order valence-corrected chi connectivity index (χ0v) is 26.2. The molecule has 0 saturated carbocycles. The van der Waals surface area contributed by atoms with Gasteiger partial charge in [-0.05, 0) is 0 Å². The maximum Gasteiger partial charge on any atom is 0.267 e. The Morgan fingerprint density at radius 3 is 0.455 bits per heavy atom. The van der Waals surface area contributed by atoms with Gasteiger partial charge >= 0.3 is 0 Å². The van der Waals surface area contributed by atoms with Gasteiger partial charge in [-0.25, -0.2) is 0 Å². The van der Waals surface area contributed by atoms with Crippen molar-refractivity contribution in [3.8, 4) is 34.5 Å². The molecule has 0 amide bonds. The highest BCUT2D eigenvalue weighted by Gasteiger charge is 2.19. The number of para-hydroxylation sites is 6. The summed E-state index contributed by atoms with van der Waals surface area (Å²) in [6, 6.07) is 61.7. The Balaban J connectivity index is 0. The van der Waals surface area contributed by atoms with E-state index in [1.165, 1.54) is 0 Å². The van der Waals surface area contributed by atoms with E-state index in [0.717, 1.165) is 34.5 Å². The summed E-state index contributed by atoms with van der Waals surface area (Å²) in [6.45, 7) is 0. The lowest BCUT2D eigenvalue weighted by Crippen LogP contribution is -3.00. The fourth-order valence-corrected chi connectivity index (χ4v) is 4.16. The summed E-state index contributed by atoms with van der Waals surface area (Å²) in [7, 11) is 0. The first-order valence-electron chi connectivity index (χ1n) is 12.7. The molecule has 0 fully saturated rings. The Kier molecular flexibility index (Phi) is 20.9. The molecule has 0 bridgehead atoms. The molecular weight excluding hydrogens is 644 g/mol. The van der Waals surface area contributed by atoms with Crippen molar-refractivity contribution in [2.24, 2.45) is 0 Å². The van der Waals surface area contributed by atoms with E-state index in [4.69, 9.17) is 0 Å². The molecule has 0 heterocycles. The van der Waals surface area contributed by atoms with Crippen LogP contribution >= 0.6 is 0 Å². The van der Waals surface area contributed by atoms with E-state index in [9.17, 15) is 0 Å². The number of hydrogen-bond donors (Lipinski definition) is 0. The lowest BCUT2D eigenvalue weighted by atomic mass is 10.3. The van der Waals surface area contributed by atoms with Crippen LogP contribution in [0.15, 0.2) is 182 Å². The van der Waals surface area contributed by atoms with Crippen LogP contribution in [0.3, 0.4) is 0 Å². The number of halogens is 2. The summed E-state index contributed by atoms with van der Waals surface area (Å²) in [6.07, 6.45) is 0. The molecule has 0 radical (unpaired) electrons. The van der Waals surface area contributed by atoms with Crippen molar-refractivity contribution >= 4 is 0 Å². The summed E-state index contributed by atoms with van der Waals surface area (Å²) < 4.78 is 6.44. The van der Waals surface area contributed by atoms with E-state index in [-0.39, 0.29) is 51.3 Å². The number of benzene rings is 6. The second-order valence-corrected chi connectivity index (χ2v) is 8.49. The molecule has 6 aromatic rings. The highest BCUT2D eigenvalue weighted by molar-refractivity contribution is 5.43. The molecule has 0 aliphatic rings. The molecule has 0 saturated heterocycles. The monoisotopic (exact) mass is 680 g/mol. The molecule has 0 atom stereocenters. The lowest BCUT2D eigenvalue weighted by molar-refractivity contribution is -0.00100. The highest BCUT2D eigenvalue weighted by Crippen LogP contribution is 2.39. The molecule has 6 aromatic carbocycles. The predicted octanol–water partition coefficient (Wildman–Crippen LogP) is 1.57. The number of rotatable bonds is 6. The third kappa shape index (κ3) is 11.0. The van der Waals surface area contributed by atoms with Gasteiger partial charge in [0.2, 0.25) is 0 Å². The van der Waals surface area contributed by atoms with Crippen molar-refractivity contribution in [3.05, 3.63) is 182 Å². The maximum atomic E-state index is 3.22. The molecule has 6 rings (SSSR count). The Labute approximate surface area is 275 Å². The molecule has 0 aromatic heterocycles. The minimum absolute atomic E-state index is 0. The first-order valence-corrected chi connectivity index (χ1v) is 12.7. The van der Waals surface area contributed by atoms with Crippen molar-refractivity contribution in [3.63, 3.8) is 0 Å². The predicted molar refractivity (Wildman–Crippen MR) is 172 cm³/mol. The summed E-state index contributed by atoms with van der Waals surface area (Å²) in [5.41, 5.74) is 0. The van der Waals surface area contributed by atoms with Gasteiger partial charge in [0.15, 0.2) is 0 Å². The average Bonchev–Trinajstić information content (AvgIpc) is 3.01. The van der Waals surface area contributed by atoms with E-state index in [2.05, 4.69) is 81.5 Å². The molecule has 8 N–H and O–H groups in total. The van der Waals surface area contributed by atoms with Crippen LogP contribution in [0.5, 0.6) is 34.5 Å². The Hall–Kier alpha value is -4.47. The normalized spacial score (nSPS) is 8.73. The van der Waals surface area contributed by atoms with Crippen LogP contribution in [0.4, 0.5) is 0 Å². The van der Waals surface area contributed by atoms with Crippen molar-refractivity contribution < 1.29 is 60.0 Å². The first-order chi connectivity index (χ1) is 18.9. The van der Waals surface area contributed by atoms with Gasteiger partial charge in [-0.2, -0.15) is 0 Å². The molecular formula is C36H38BrClO6. The van der Waals surface area contributed by atoms with Crippen LogP contribution in [0.1, 0.15) is 0 Å². The fraction of sp³-hybridized carbons (Fsp3) is 0. The standard InChI is InChI=1S/2C18H15O.BrH.ClH.4H2O/c2*1-4-10-16(11-5-1)19(17-12-6-2-7-13-17)18-14-8-3-9-15-18;;;;;;/h2*1-15H;2*1H;4*1H2/q2*+1;;;;;;/p-2. The van der Waals surface area contributed by atoms with Crippen molar-refractivity contribution in [1.82, 2.24) is 0 Å².